The molecule has 2 heterocycles. The van der Waals surface area contributed by atoms with E-state index in [-0.39, 0.29) is 17.0 Å². The molecule has 1 saturated carbocycles. The summed E-state index contributed by atoms with van der Waals surface area (Å²) in [5, 5.41) is 3.49. The van der Waals surface area contributed by atoms with Crippen molar-refractivity contribution >= 4 is 28.4 Å². The summed E-state index contributed by atoms with van der Waals surface area (Å²) in [6.07, 6.45) is 6.46. The van der Waals surface area contributed by atoms with Gasteiger partial charge in [-0.2, -0.15) is 0 Å². The van der Waals surface area contributed by atoms with E-state index in [0.717, 1.165) is 25.9 Å². The number of piperazine rings is 1. The molecule has 0 unspecified atom stereocenters. The average molecular weight is 508 g/mol. The van der Waals surface area contributed by atoms with Crippen molar-refractivity contribution in [3.8, 4) is 17.2 Å². The Kier molecular flexibility index (Phi) is 6.88. The quantitative estimate of drug-likeness (QED) is 0.367. The number of nitrogens with one attached hydrogen (secondary N) is 1. The molecule has 2 aliphatic rings. The summed E-state index contributed by atoms with van der Waals surface area (Å²) in [4.78, 5) is 28.6. The van der Waals surface area contributed by atoms with E-state index in [1.54, 1.807) is 30.5 Å². The fourth-order valence-corrected chi connectivity index (χ4v) is 4.80. The van der Waals surface area contributed by atoms with Gasteiger partial charge in [0.05, 0.1) is 38.1 Å². The van der Waals surface area contributed by atoms with Crippen LogP contribution in [0.1, 0.15) is 34.8 Å². The second-order valence-corrected chi connectivity index (χ2v) is 9.22. The van der Waals surface area contributed by atoms with Crippen molar-refractivity contribution in [3.05, 3.63) is 63.7 Å². The molecule has 194 valence electrons. The number of hydrogen-bond donors (Lipinski definition) is 1. The van der Waals surface area contributed by atoms with Crippen LogP contribution in [0.4, 0.5) is 10.1 Å². The fraction of sp³-hybridized carbons (Fsp3) is 0.357. The van der Waals surface area contributed by atoms with E-state index in [9.17, 15) is 9.59 Å². The Bertz CT molecular complexity index is 1410. The lowest BCUT2D eigenvalue weighted by molar-refractivity contribution is 0.104. The Morgan fingerprint density at radius 3 is 2.30 bits per heavy atom. The molecule has 1 N–H and O–H groups in total. The van der Waals surface area contributed by atoms with Gasteiger partial charge in [0.2, 0.25) is 11.2 Å². The third kappa shape index (κ3) is 4.79. The average Bonchev–Trinajstić information content (AvgIpc) is 3.77. The van der Waals surface area contributed by atoms with E-state index < -0.39 is 17.0 Å². The van der Waals surface area contributed by atoms with Crippen molar-refractivity contribution < 1.29 is 23.4 Å². The number of anilines is 1. The SMILES string of the molecule is COc1cc(C=CC(=O)c2cn(C3CC3)c3cc(N4CCNCC4)c(F)cc3c2=O)cc(OC)c1OC. The lowest BCUT2D eigenvalue weighted by Crippen LogP contribution is -2.43. The van der Waals surface area contributed by atoms with Gasteiger partial charge in [-0.15, -0.1) is 0 Å². The molecule has 0 spiro atoms. The fourth-order valence-electron chi connectivity index (χ4n) is 4.80. The molecule has 1 aliphatic carbocycles. The minimum atomic E-state index is -0.475. The zero-order valence-electron chi connectivity index (χ0n) is 21.2. The number of benzene rings is 2. The highest BCUT2D eigenvalue weighted by molar-refractivity contribution is 6.08. The molecule has 0 amide bonds. The Balaban J connectivity index is 1.54. The van der Waals surface area contributed by atoms with Crippen molar-refractivity contribution in [2.24, 2.45) is 0 Å². The summed E-state index contributed by atoms with van der Waals surface area (Å²) in [6, 6.07) is 6.65. The molecule has 5 rings (SSSR count). The summed E-state index contributed by atoms with van der Waals surface area (Å²) in [6.45, 7) is 2.94. The smallest absolute Gasteiger partial charge is 0.203 e. The van der Waals surface area contributed by atoms with Crippen LogP contribution < -0.4 is 29.9 Å². The van der Waals surface area contributed by atoms with Gasteiger partial charge in [0.25, 0.3) is 0 Å². The minimum absolute atomic E-state index is 0.0115. The highest BCUT2D eigenvalue weighted by atomic mass is 19.1. The highest BCUT2D eigenvalue weighted by Gasteiger charge is 2.28. The number of allylic oxidation sites excluding steroid dienone is 1. The molecule has 2 aromatic carbocycles. The zero-order valence-corrected chi connectivity index (χ0v) is 21.2. The third-order valence-electron chi connectivity index (χ3n) is 6.88. The first kappa shape index (κ1) is 24.8. The predicted octanol–water partition coefficient (Wildman–Crippen LogP) is 3.81. The number of carbonyl (C=O) groups excluding carboxylic acids is 1. The Morgan fingerprint density at radius 1 is 1.03 bits per heavy atom. The van der Waals surface area contributed by atoms with Gasteiger partial charge in [-0.1, -0.05) is 6.08 Å². The summed E-state index contributed by atoms with van der Waals surface area (Å²) in [7, 11) is 4.54. The molecule has 0 radical (unpaired) electrons. The lowest BCUT2D eigenvalue weighted by atomic mass is 10.0. The third-order valence-corrected chi connectivity index (χ3v) is 6.88. The highest BCUT2D eigenvalue weighted by Crippen LogP contribution is 2.39. The van der Waals surface area contributed by atoms with Crippen LogP contribution in [0.5, 0.6) is 17.2 Å². The summed E-state index contributed by atoms with van der Waals surface area (Å²) in [5.74, 6) is 0.434. The van der Waals surface area contributed by atoms with E-state index in [0.29, 0.717) is 47.1 Å². The van der Waals surface area contributed by atoms with E-state index >= 15 is 4.39 Å². The first-order chi connectivity index (χ1) is 17.9. The molecule has 3 aromatic rings. The second-order valence-electron chi connectivity index (χ2n) is 9.22. The standard InChI is InChI=1S/C28H30FN3O5/c1-35-25-12-17(13-26(36-2)28(25)37-3)4-7-24(33)20-16-32(18-5-6-18)22-15-23(31-10-8-30-9-11-31)21(29)14-19(22)27(20)34/h4,7,12-16,18,30H,5-6,8-11H2,1-3H3. The number of nitrogens with zero attached hydrogens (tertiary/aromatic N) is 2. The second kappa shape index (κ2) is 10.3. The van der Waals surface area contributed by atoms with E-state index in [4.69, 9.17) is 14.2 Å². The molecule has 1 aliphatic heterocycles. The summed E-state index contributed by atoms with van der Waals surface area (Å²) < 4.78 is 33.2. The van der Waals surface area contributed by atoms with Crippen molar-refractivity contribution in [1.82, 2.24) is 9.88 Å². The van der Waals surface area contributed by atoms with Crippen LogP contribution in [0.3, 0.4) is 0 Å². The van der Waals surface area contributed by atoms with Gasteiger partial charge in [-0.3, -0.25) is 9.59 Å². The van der Waals surface area contributed by atoms with Gasteiger partial charge >= 0.3 is 0 Å². The predicted molar refractivity (Wildman–Crippen MR) is 141 cm³/mol. The molecule has 2 fully saturated rings. The zero-order chi connectivity index (χ0) is 26.1. The van der Waals surface area contributed by atoms with Crippen LogP contribution in [0.25, 0.3) is 17.0 Å². The van der Waals surface area contributed by atoms with Crippen molar-refractivity contribution in [1.29, 1.82) is 0 Å². The van der Waals surface area contributed by atoms with Crippen LogP contribution in [0.2, 0.25) is 0 Å². The number of aromatic nitrogens is 1. The monoisotopic (exact) mass is 507 g/mol. The largest absolute Gasteiger partial charge is 0.493 e. The number of hydrogen-bond acceptors (Lipinski definition) is 7. The molecular formula is C28H30FN3O5. The number of halogens is 1. The van der Waals surface area contributed by atoms with Crippen LogP contribution in [0, 0.1) is 5.82 Å². The maximum Gasteiger partial charge on any atom is 0.203 e. The van der Waals surface area contributed by atoms with Gasteiger partial charge in [0, 0.05) is 43.8 Å². The molecule has 9 heteroatoms. The van der Waals surface area contributed by atoms with Crippen LogP contribution in [0.15, 0.2) is 41.3 Å². The number of ketones is 1. The van der Waals surface area contributed by atoms with Gasteiger partial charge in [0.15, 0.2) is 17.3 Å². The van der Waals surface area contributed by atoms with E-state index in [1.165, 1.54) is 33.5 Å². The number of carbonyl (C=O) groups is 1. The Hall–Kier alpha value is -3.85. The summed E-state index contributed by atoms with van der Waals surface area (Å²) in [5.41, 5.74) is 1.32. The molecule has 0 bridgehead atoms. The molecular weight excluding hydrogens is 477 g/mol. The minimum Gasteiger partial charge on any atom is -0.493 e. The molecule has 0 atom stereocenters. The van der Waals surface area contributed by atoms with Gasteiger partial charge in [0.1, 0.15) is 5.82 Å². The molecule has 1 aromatic heterocycles. The summed E-state index contributed by atoms with van der Waals surface area (Å²) >= 11 is 0. The van der Waals surface area contributed by atoms with Crippen molar-refractivity contribution in [3.63, 3.8) is 0 Å². The number of rotatable bonds is 8. The normalized spacial score (nSPS) is 15.8. The van der Waals surface area contributed by atoms with Gasteiger partial charge < -0.3 is 29.0 Å². The Morgan fingerprint density at radius 2 is 1.70 bits per heavy atom. The number of fused-ring (bicyclic) bond motifs is 1. The van der Waals surface area contributed by atoms with Gasteiger partial charge in [-0.25, -0.2) is 4.39 Å². The molecule has 1 saturated heterocycles. The molecule has 8 nitrogen and oxygen atoms in total. The van der Waals surface area contributed by atoms with Gasteiger partial charge in [-0.05, 0) is 48.7 Å². The first-order valence-electron chi connectivity index (χ1n) is 12.3. The maximum absolute atomic E-state index is 15.2. The molecule has 37 heavy (non-hydrogen) atoms. The lowest BCUT2D eigenvalue weighted by Gasteiger charge is -2.30. The van der Waals surface area contributed by atoms with Crippen molar-refractivity contribution in [2.75, 3.05) is 52.4 Å². The number of methoxy groups -OCH3 is 3. The Labute approximate surface area is 214 Å². The van der Waals surface area contributed by atoms with Crippen LogP contribution >= 0.6 is 0 Å². The van der Waals surface area contributed by atoms with Crippen LogP contribution in [-0.4, -0.2) is 57.9 Å². The van der Waals surface area contributed by atoms with Crippen molar-refractivity contribution in [2.45, 2.75) is 18.9 Å². The topological polar surface area (TPSA) is 82.0 Å². The first-order valence-corrected chi connectivity index (χ1v) is 12.3. The van der Waals surface area contributed by atoms with E-state index in [1.807, 2.05) is 9.47 Å². The van der Waals surface area contributed by atoms with E-state index in [2.05, 4.69) is 5.32 Å². The number of pyridine rings is 1. The maximum atomic E-state index is 15.2. The number of ether oxygens (including phenoxy) is 3. The van der Waals surface area contributed by atoms with Crippen LogP contribution in [-0.2, 0) is 0 Å².